The number of hydrogen-bond acceptors (Lipinski definition) is 5. The van der Waals surface area contributed by atoms with Gasteiger partial charge in [-0.3, -0.25) is 0 Å². The zero-order chi connectivity index (χ0) is 13.5. The maximum Gasteiger partial charge on any atom is 0.408 e. The Morgan fingerprint density at radius 1 is 1.29 bits per heavy atom. The number of rotatable bonds is 4. The van der Waals surface area contributed by atoms with Crippen molar-refractivity contribution in [1.82, 2.24) is 10.6 Å². The molecule has 0 unspecified atom stereocenters. The molecule has 2 N–H and O–H groups in total. The molecule has 0 rings (SSSR count). The SMILES string of the molecule is COC(=O)NC[C@@H](C=O)NC(=O)OC(C)(C)C. The second kappa shape index (κ2) is 6.72. The second-order valence-corrected chi connectivity index (χ2v) is 4.26. The number of aldehydes is 1. The lowest BCUT2D eigenvalue weighted by Gasteiger charge is -2.21. The number of carbonyl (C=O) groups is 3. The predicted octanol–water partition coefficient (Wildman–Crippen LogP) is 0.435. The summed E-state index contributed by atoms with van der Waals surface area (Å²) in [4.78, 5) is 32.7. The lowest BCUT2D eigenvalue weighted by atomic mass is 10.2. The Kier molecular flexibility index (Phi) is 6.01. The molecule has 0 fully saturated rings. The Bertz CT molecular complexity index is 285. The van der Waals surface area contributed by atoms with Gasteiger partial charge in [-0.2, -0.15) is 0 Å². The standard InChI is InChI=1S/C10H18N2O5/c1-10(2,3)17-9(15)12-7(6-13)5-11-8(14)16-4/h6-7H,5H2,1-4H3,(H,11,14)(H,12,15)/t7-/m0/s1. The van der Waals surface area contributed by atoms with Crippen molar-refractivity contribution in [2.75, 3.05) is 13.7 Å². The van der Waals surface area contributed by atoms with E-state index in [4.69, 9.17) is 4.74 Å². The summed E-state index contributed by atoms with van der Waals surface area (Å²) < 4.78 is 9.27. The number of nitrogens with one attached hydrogen (secondary N) is 2. The summed E-state index contributed by atoms with van der Waals surface area (Å²) in [7, 11) is 1.20. The third kappa shape index (κ3) is 8.06. The molecule has 0 spiro atoms. The maximum absolute atomic E-state index is 11.3. The van der Waals surface area contributed by atoms with Crippen molar-refractivity contribution >= 4 is 18.5 Å². The summed E-state index contributed by atoms with van der Waals surface area (Å²) >= 11 is 0. The fraction of sp³-hybridized carbons (Fsp3) is 0.700. The van der Waals surface area contributed by atoms with Gasteiger partial charge in [0.1, 0.15) is 17.9 Å². The van der Waals surface area contributed by atoms with E-state index in [2.05, 4.69) is 15.4 Å². The van der Waals surface area contributed by atoms with Gasteiger partial charge in [-0.15, -0.1) is 0 Å². The van der Waals surface area contributed by atoms with Crippen LogP contribution >= 0.6 is 0 Å². The molecule has 2 amide bonds. The summed E-state index contributed by atoms with van der Waals surface area (Å²) in [5, 5.41) is 4.59. The lowest BCUT2D eigenvalue weighted by molar-refractivity contribution is -0.109. The topological polar surface area (TPSA) is 93.7 Å². The van der Waals surface area contributed by atoms with E-state index in [9.17, 15) is 14.4 Å². The van der Waals surface area contributed by atoms with Crippen molar-refractivity contribution in [2.45, 2.75) is 32.4 Å². The average molecular weight is 246 g/mol. The van der Waals surface area contributed by atoms with Gasteiger partial charge in [-0.25, -0.2) is 9.59 Å². The van der Waals surface area contributed by atoms with E-state index in [0.29, 0.717) is 6.29 Å². The largest absolute Gasteiger partial charge is 0.453 e. The molecular formula is C10H18N2O5. The highest BCUT2D eigenvalue weighted by Gasteiger charge is 2.19. The summed E-state index contributed by atoms with van der Waals surface area (Å²) in [6, 6.07) is -0.857. The Morgan fingerprint density at radius 2 is 1.88 bits per heavy atom. The summed E-state index contributed by atoms with van der Waals surface area (Å²) in [5.41, 5.74) is -0.646. The molecule has 0 saturated heterocycles. The molecule has 0 heterocycles. The van der Waals surface area contributed by atoms with Crippen molar-refractivity contribution in [1.29, 1.82) is 0 Å². The van der Waals surface area contributed by atoms with Crippen molar-refractivity contribution in [3.05, 3.63) is 0 Å². The number of methoxy groups -OCH3 is 1. The molecule has 0 bridgehead atoms. The number of amides is 2. The van der Waals surface area contributed by atoms with Gasteiger partial charge in [0.15, 0.2) is 0 Å². The zero-order valence-electron chi connectivity index (χ0n) is 10.4. The monoisotopic (exact) mass is 246 g/mol. The molecule has 98 valence electrons. The van der Waals surface area contributed by atoms with Crippen LogP contribution in [0.5, 0.6) is 0 Å². The fourth-order valence-corrected chi connectivity index (χ4v) is 0.858. The third-order valence-corrected chi connectivity index (χ3v) is 1.52. The number of carbonyl (C=O) groups excluding carboxylic acids is 3. The van der Waals surface area contributed by atoms with Gasteiger partial charge >= 0.3 is 12.2 Å². The Hall–Kier alpha value is -1.79. The van der Waals surface area contributed by atoms with Crippen LogP contribution in [0.1, 0.15) is 20.8 Å². The van der Waals surface area contributed by atoms with Crippen LogP contribution in [0.4, 0.5) is 9.59 Å². The second-order valence-electron chi connectivity index (χ2n) is 4.26. The molecular weight excluding hydrogens is 228 g/mol. The molecule has 0 radical (unpaired) electrons. The van der Waals surface area contributed by atoms with E-state index in [1.54, 1.807) is 20.8 Å². The van der Waals surface area contributed by atoms with Crippen LogP contribution in [0, 0.1) is 0 Å². The van der Waals surface area contributed by atoms with E-state index in [0.717, 1.165) is 0 Å². The highest BCUT2D eigenvalue weighted by Crippen LogP contribution is 2.06. The van der Waals surface area contributed by atoms with Crippen LogP contribution in [0.3, 0.4) is 0 Å². The van der Waals surface area contributed by atoms with Crippen molar-refractivity contribution < 1.29 is 23.9 Å². The van der Waals surface area contributed by atoms with E-state index in [-0.39, 0.29) is 6.54 Å². The quantitative estimate of drug-likeness (QED) is 0.702. The van der Waals surface area contributed by atoms with Gasteiger partial charge in [-0.05, 0) is 20.8 Å². The first-order chi connectivity index (χ1) is 7.78. The molecule has 0 saturated carbocycles. The Balaban J connectivity index is 4.09. The van der Waals surface area contributed by atoms with Crippen LogP contribution in [0.15, 0.2) is 0 Å². The number of alkyl carbamates (subject to hydrolysis) is 2. The Morgan fingerprint density at radius 3 is 2.29 bits per heavy atom. The minimum atomic E-state index is -0.857. The zero-order valence-corrected chi connectivity index (χ0v) is 10.4. The van der Waals surface area contributed by atoms with Crippen LogP contribution in [0.2, 0.25) is 0 Å². The van der Waals surface area contributed by atoms with Gasteiger partial charge in [0.05, 0.1) is 7.11 Å². The van der Waals surface area contributed by atoms with Gasteiger partial charge in [-0.1, -0.05) is 0 Å². The van der Waals surface area contributed by atoms with Crippen LogP contribution in [-0.4, -0.2) is 43.8 Å². The summed E-state index contributed by atoms with van der Waals surface area (Å²) in [5.74, 6) is 0. The Labute approximate surface area is 99.8 Å². The molecule has 7 heteroatoms. The number of hydrogen-bond donors (Lipinski definition) is 2. The van der Waals surface area contributed by atoms with Crippen LogP contribution in [0.25, 0.3) is 0 Å². The molecule has 0 aromatic heterocycles. The average Bonchev–Trinajstić information content (AvgIpc) is 2.20. The predicted molar refractivity (Wildman–Crippen MR) is 59.6 cm³/mol. The molecule has 0 aromatic rings. The minimum absolute atomic E-state index is 0.0601. The normalized spacial score (nSPS) is 12.2. The van der Waals surface area contributed by atoms with E-state index in [1.165, 1.54) is 7.11 Å². The highest BCUT2D eigenvalue weighted by atomic mass is 16.6. The van der Waals surface area contributed by atoms with Crippen LogP contribution < -0.4 is 10.6 Å². The first-order valence-corrected chi connectivity index (χ1v) is 5.05. The maximum atomic E-state index is 11.3. The van der Waals surface area contributed by atoms with E-state index in [1.807, 2.05) is 0 Å². The molecule has 0 aliphatic carbocycles. The smallest absolute Gasteiger partial charge is 0.408 e. The molecule has 0 aliphatic heterocycles. The molecule has 7 nitrogen and oxygen atoms in total. The molecule has 17 heavy (non-hydrogen) atoms. The number of ether oxygens (including phenoxy) is 2. The third-order valence-electron chi connectivity index (χ3n) is 1.52. The van der Waals surface area contributed by atoms with Gasteiger partial charge < -0.3 is 24.9 Å². The van der Waals surface area contributed by atoms with E-state index < -0.39 is 23.8 Å². The fourth-order valence-electron chi connectivity index (χ4n) is 0.858. The summed E-state index contributed by atoms with van der Waals surface area (Å²) in [6.45, 7) is 5.05. The van der Waals surface area contributed by atoms with Crippen LogP contribution in [-0.2, 0) is 14.3 Å². The van der Waals surface area contributed by atoms with Gasteiger partial charge in [0, 0.05) is 6.54 Å². The molecule has 1 atom stereocenters. The summed E-state index contributed by atoms with van der Waals surface area (Å²) in [6.07, 6.45) is -0.899. The minimum Gasteiger partial charge on any atom is -0.453 e. The highest BCUT2D eigenvalue weighted by molar-refractivity contribution is 5.74. The first-order valence-electron chi connectivity index (χ1n) is 5.05. The van der Waals surface area contributed by atoms with E-state index >= 15 is 0 Å². The van der Waals surface area contributed by atoms with Crippen molar-refractivity contribution in [2.24, 2.45) is 0 Å². The molecule has 0 aromatic carbocycles. The lowest BCUT2D eigenvalue weighted by Crippen LogP contribution is -2.46. The first kappa shape index (κ1) is 15.2. The van der Waals surface area contributed by atoms with Crippen molar-refractivity contribution in [3.63, 3.8) is 0 Å². The van der Waals surface area contributed by atoms with Gasteiger partial charge in [0.25, 0.3) is 0 Å². The van der Waals surface area contributed by atoms with Crippen molar-refractivity contribution in [3.8, 4) is 0 Å². The molecule has 0 aliphatic rings. The van der Waals surface area contributed by atoms with Gasteiger partial charge in [0.2, 0.25) is 0 Å².